The molecule has 0 spiro atoms. The van der Waals surface area contributed by atoms with E-state index in [1.165, 1.54) is 0 Å². The van der Waals surface area contributed by atoms with Crippen LogP contribution in [0.2, 0.25) is 0 Å². The molecule has 3 heterocycles. The summed E-state index contributed by atoms with van der Waals surface area (Å²) >= 11 is 0. The van der Waals surface area contributed by atoms with Gasteiger partial charge in [-0.2, -0.15) is 0 Å². The number of aromatic nitrogens is 3. The lowest BCUT2D eigenvalue weighted by atomic mass is 10.1. The van der Waals surface area contributed by atoms with Crippen molar-refractivity contribution in [3.05, 3.63) is 78.5 Å². The summed E-state index contributed by atoms with van der Waals surface area (Å²) in [5.41, 5.74) is 4.66. The first-order valence-electron chi connectivity index (χ1n) is 10.1. The summed E-state index contributed by atoms with van der Waals surface area (Å²) in [6.07, 6.45) is 2.18. The van der Waals surface area contributed by atoms with Gasteiger partial charge in [-0.1, -0.05) is 42.5 Å². The first kappa shape index (κ1) is 18.5. The van der Waals surface area contributed by atoms with Crippen molar-refractivity contribution in [2.24, 2.45) is 0 Å². The molecule has 0 atom stereocenters. The van der Waals surface area contributed by atoms with E-state index in [0.29, 0.717) is 32.7 Å². The molecule has 5 rings (SSSR count). The average molecular weight is 398 g/mol. The normalized spacial score (nSPS) is 14.2. The Bertz CT molecular complexity index is 1160. The van der Waals surface area contributed by atoms with Gasteiger partial charge in [0.15, 0.2) is 5.65 Å². The molecule has 0 unspecified atom stereocenters. The third kappa shape index (κ3) is 3.57. The third-order valence-corrected chi connectivity index (χ3v) is 5.36. The Kier molecular flexibility index (Phi) is 4.99. The number of ether oxygens (including phenoxy) is 1. The Morgan fingerprint density at radius 3 is 2.47 bits per heavy atom. The number of fused-ring (bicyclic) bond motifs is 1. The van der Waals surface area contributed by atoms with Crippen LogP contribution in [0.4, 0.5) is 0 Å². The summed E-state index contributed by atoms with van der Waals surface area (Å²) < 4.78 is 7.40. The lowest BCUT2D eigenvalue weighted by molar-refractivity contribution is -0.134. The topological polar surface area (TPSA) is 60.2 Å². The molecule has 0 saturated carbocycles. The third-order valence-electron chi connectivity index (χ3n) is 5.36. The highest BCUT2D eigenvalue weighted by atomic mass is 16.5. The maximum atomic E-state index is 12.5. The van der Waals surface area contributed by atoms with E-state index in [-0.39, 0.29) is 5.91 Å². The number of rotatable bonds is 4. The van der Waals surface area contributed by atoms with Gasteiger partial charge in [-0.3, -0.25) is 9.36 Å². The molecule has 0 N–H and O–H groups in total. The second-order valence-electron chi connectivity index (χ2n) is 7.32. The van der Waals surface area contributed by atoms with E-state index in [4.69, 9.17) is 9.72 Å². The highest BCUT2D eigenvalue weighted by Gasteiger charge is 2.18. The van der Waals surface area contributed by atoms with E-state index < -0.39 is 0 Å². The molecule has 0 radical (unpaired) electrons. The fourth-order valence-corrected chi connectivity index (χ4v) is 3.80. The van der Waals surface area contributed by atoms with Gasteiger partial charge in [0.2, 0.25) is 5.91 Å². The van der Waals surface area contributed by atoms with Crippen LogP contribution in [-0.4, -0.2) is 51.6 Å². The molecular formula is C24H22N4O2. The van der Waals surface area contributed by atoms with E-state index in [9.17, 15) is 4.79 Å². The Morgan fingerprint density at radius 1 is 0.933 bits per heavy atom. The van der Waals surface area contributed by atoms with Crippen LogP contribution in [-0.2, 0) is 16.0 Å². The summed E-state index contributed by atoms with van der Waals surface area (Å²) in [5.74, 6) is 0.993. The van der Waals surface area contributed by atoms with Crippen LogP contribution in [0.1, 0.15) is 5.56 Å². The van der Waals surface area contributed by atoms with Crippen molar-refractivity contribution >= 4 is 17.1 Å². The second-order valence-corrected chi connectivity index (χ2v) is 7.32. The molecule has 30 heavy (non-hydrogen) atoms. The molecule has 2 aromatic carbocycles. The zero-order valence-corrected chi connectivity index (χ0v) is 16.6. The van der Waals surface area contributed by atoms with Crippen LogP contribution in [0.25, 0.3) is 28.2 Å². The summed E-state index contributed by atoms with van der Waals surface area (Å²) in [4.78, 5) is 23.8. The summed E-state index contributed by atoms with van der Waals surface area (Å²) in [5, 5.41) is 0. The van der Waals surface area contributed by atoms with Gasteiger partial charge in [-0.15, -0.1) is 0 Å². The van der Waals surface area contributed by atoms with Gasteiger partial charge >= 0.3 is 0 Å². The van der Waals surface area contributed by atoms with Gasteiger partial charge in [0.1, 0.15) is 11.3 Å². The molecule has 1 aliphatic rings. The first-order chi connectivity index (χ1) is 14.8. The summed E-state index contributed by atoms with van der Waals surface area (Å²) in [7, 11) is 0. The molecular weight excluding hydrogens is 376 g/mol. The average Bonchev–Trinajstić information content (AvgIpc) is 3.20. The number of imidazole rings is 1. The highest BCUT2D eigenvalue weighted by molar-refractivity contribution is 5.81. The number of nitrogens with zero attached hydrogens (tertiary/aromatic N) is 4. The summed E-state index contributed by atoms with van der Waals surface area (Å²) in [6.45, 7) is 2.58. The van der Waals surface area contributed by atoms with Crippen LogP contribution in [0.3, 0.4) is 0 Å². The lowest BCUT2D eigenvalue weighted by Gasteiger charge is -2.26. The number of carbonyl (C=O) groups is 1. The van der Waals surface area contributed by atoms with E-state index in [0.717, 1.165) is 33.8 Å². The smallest absolute Gasteiger partial charge is 0.227 e. The molecule has 6 nitrogen and oxygen atoms in total. The standard InChI is InChI=1S/C24H22N4O2/c29-22(27-13-15-30-16-14-27)17-18-8-10-20(11-9-18)28-23(19-5-2-1-3-6-19)26-21-7-4-12-25-24(21)28/h1-12H,13-17H2. The number of morpholine rings is 1. The van der Waals surface area contributed by atoms with Gasteiger partial charge in [-0.05, 0) is 29.8 Å². The minimum Gasteiger partial charge on any atom is -0.378 e. The molecule has 150 valence electrons. The maximum absolute atomic E-state index is 12.5. The molecule has 1 amide bonds. The molecule has 0 bridgehead atoms. The van der Waals surface area contributed by atoms with E-state index in [1.54, 1.807) is 6.20 Å². The van der Waals surface area contributed by atoms with Crippen LogP contribution in [0.15, 0.2) is 72.9 Å². The second kappa shape index (κ2) is 8.08. The van der Waals surface area contributed by atoms with Crippen LogP contribution >= 0.6 is 0 Å². The fraction of sp³-hybridized carbons (Fsp3) is 0.208. The number of hydrogen-bond acceptors (Lipinski definition) is 4. The number of pyridine rings is 1. The summed E-state index contributed by atoms with van der Waals surface area (Å²) in [6, 6.07) is 22.1. The van der Waals surface area contributed by atoms with Gasteiger partial charge in [0, 0.05) is 30.5 Å². The SMILES string of the molecule is O=C(Cc1ccc(-n2c(-c3ccccc3)nc3cccnc32)cc1)N1CCOCC1. The largest absolute Gasteiger partial charge is 0.378 e. The van der Waals surface area contributed by atoms with Crippen molar-refractivity contribution in [3.63, 3.8) is 0 Å². The number of benzene rings is 2. The van der Waals surface area contributed by atoms with Gasteiger partial charge in [0.05, 0.1) is 19.6 Å². The maximum Gasteiger partial charge on any atom is 0.227 e. The van der Waals surface area contributed by atoms with Crippen LogP contribution in [0, 0.1) is 0 Å². The lowest BCUT2D eigenvalue weighted by Crippen LogP contribution is -2.41. The van der Waals surface area contributed by atoms with Gasteiger partial charge in [-0.25, -0.2) is 9.97 Å². The van der Waals surface area contributed by atoms with E-state index >= 15 is 0 Å². The van der Waals surface area contributed by atoms with Gasteiger partial charge < -0.3 is 9.64 Å². The number of carbonyl (C=O) groups excluding carboxylic acids is 1. The number of hydrogen-bond donors (Lipinski definition) is 0. The van der Waals surface area contributed by atoms with Crippen molar-refractivity contribution in [2.45, 2.75) is 6.42 Å². The van der Waals surface area contributed by atoms with Crippen molar-refractivity contribution in [2.75, 3.05) is 26.3 Å². The zero-order chi connectivity index (χ0) is 20.3. The first-order valence-corrected chi connectivity index (χ1v) is 10.1. The minimum absolute atomic E-state index is 0.144. The molecule has 0 aliphatic carbocycles. The quantitative estimate of drug-likeness (QED) is 0.528. The Morgan fingerprint density at radius 2 is 1.70 bits per heavy atom. The van der Waals surface area contributed by atoms with Crippen molar-refractivity contribution in [1.82, 2.24) is 19.4 Å². The molecule has 1 fully saturated rings. The zero-order valence-electron chi connectivity index (χ0n) is 16.6. The predicted molar refractivity (Wildman–Crippen MR) is 115 cm³/mol. The molecule has 1 aliphatic heterocycles. The van der Waals surface area contributed by atoms with Crippen molar-refractivity contribution < 1.29 is 9.53 Å². The van der Waals surface area contributed by atoms with Gasteiger partial charge in [0.25, 0.3) is 0 Å². The minimum atomic E-state index is 0.144. The monoisotopic (exact) mass is 398 g/mol. The van der Waals surface area contributed by atoms with Crippen LogP contribution < -0.4 is 0 Å². The Labute approximate surface area is 174 Å². The molecule has 6 heteroatoms. The molecule has 2 aromatic heterocycles. The fourth-order valence-electron chi connectivity index (χ4n) is 3.80. The Hall–Kier alpha value is -3.51. The predicted octanol–water partition coefficient (Wildman–Crippen LogP) is 3.49. The Balaban J connectivity index is 1.48. The van der Waals surface area contributed by atoms with E-state index in [1.807, 2.05) is 71.6 Å². The van der Waals surface area contributed by atoms with Crippen molar-refractivity contribution in [3.8, 4) is 17.1 Å². The molecule has 4 aromatic rings. The van der Waals surface area contributed by atoms with Crippen LogP contribution in [0.5, 0.6) is 0 Å². The highest BCUT2D eigenvalue weighted by Crippen LogP contribution is 2.27. The van der Waals surface area contributed by atoms with E-state index in [2.05, 4.69) is 9.55 Å². The molecule has 1 saturated heterocycles. The number of amides is 1. The van der Waals surface area contributed by atoms with Crippen molar-refractivity contribution in [1.29, 1.82) is 0 Å².